The highest BCUT2D eigenvalue weighted by Gasteiger charge is 2.46. The largest absolute Gasteiger partial charge is 0.396 e. The van der Waals surface area contributed by atoms with Gasteiger partial charge < -0.3 is 14.7 Å². The molecule has 0 aliphatic carbocycles. The van der Waals surface area contributed by atoms with Crippen LogP contribution < -0.4 is 0 Å². The first-order chi connectivity index (χ1) is 7.06. The molecule has 2 saturated heterocycles. The van der Waals surface area contributed by atoms with Crippen LogP contribution in [0.5, 0.6) is 0 Å². The van der Waals surface area contributed by atoms with E-state index in [1.807, 2.05) is 11.8 Å². The second-order valence-electron chi connectivity index (χ2n) is 5.06. The van der Waals surface area contributed by atoms with Gasteiger partial charge in [0, 0.05) is 19.7 Å². The lowest BCUT2D eigenvalue weighted by molar-refractivity contribution is -0.131. The first-order valence-electron chi connectivity index (χ1n) is 5.61. The van der Waals surface area contributed by atoms with Gasteiger partial charge in [0.2, 0.25) is 0 Å². The van der Waals surface area contributed by atoms with Crippen LogP contribution in [-0.4, -0.2) is 47.8 Å². The van der Waals surface area contributed by atoms with E-state index in [1.165, 1.54) is 0 Å². The SMILES string of the molecule is C[C@@H]1O[C@H]1C(=O)N1CCC(C)(CCO)C1. The third-order valence-corrected chi connectivity index (χ3v) is 3.54. The minimum atomic E-state index is -0.193. The van der Waals surface area contributed by atoms with E-state index in [4.69, 9.17) is 9.84 Å². The number of rotatable bonds is 3. The Hall–Kier alpha value is -0.610. The zero-order valence-corrected chi connectivity index (χ0v) is 9.40. The maximum absolute atomic E-state index is 11.8. The van der Waals surface area contributed by atoms with E-state index in [0.717, 1.165) is 25.9 Å². The van der Waals surface area contributed by atoms with Crippen molar-refractivity contribution in [1.29, 1.82) is 0 Å². The van der Waals surface area contributed by atoms with Gasteiger partial charge in [0.05, 0.1) is 6.10 Å². The van der Waals surface area contributed by atoms with E-state index in [1.54, 1.807) is 0 Å². The van der Waals surface area contributed by atoms with Crippen LogP contribution >= 0.6 is 0 Å². The van der Waals surface area contributed by atoms with Crippen LogP contribution in [0.15, 0.2) is 0 Å². The summed E-state index contributed by atoms with van der Waals surface area (Å²) in [4.78, 5) is 13.7. The summed E-state index contributed by atoms with van der Waals surface area (Å²) in [6, 6.07) is 0. The van der Waals surface area contributed by atoms with Crippen LogP contribution in [0.3, 0.4) is 0 Å². The fourth-order valence-corrected chi connectivity index (χ4v) is 2.31. The monoisotopic (exact) mass is 213 g/mol. The number of carbonyl (C=O) groups excluding carboxylic acids is 1. The van der Waals surface area contributed by atoms with E-state index in [9.17, 15) is 4.79 Å². The number of nitrogens with zero attached hydrogens (tertiary/aromatic N) is 1. The highest BCUT2D eigenvalue weighted by atomic mass is 16.6. The molecule has 1 unspecified atom stereocenters. The van der Waals surface area contributed by atoms with Gasteiger partial charge in [0.15, 0.2) is 6.10 Å². The molecule has 2 heterocycles. The molecule has 3 atom stereocenters. The second kappa shape index (κ2) is 3.76. The smallest absolute Gasteiger partial charge is 0.254 e. The molecule has 0 aromatic heterocycles. The summed E-state index contributed by atoms with van der Waals surface area (Å²) in [7, 11) is 0. The summed E-state index contributed by atoms with van der Waals surface area (Å²) in [5.41, 5.74) is 0.0997. The Morgan fingerprint density at radius 2 is 2.33 bits per heavy atom. The summed E-state index contributed by atoms with van der Waals surface area (Å²) in [6.45, 7) is 5.83. The molecule has 0 aromatic rings. The molecule has 2 rings (SSSR count). The topological polar surface area (TPSA) is 53.1 Å². The van der Waals surface area contributed by atoms with Crippen LogP contribution in [-0.2, 0) is 9.53 Å². The number of hydrogen-bond donors (Lipinski definition) is 1. The summed E-state index contributed by atoms with van der Waals surface area (Å²) < 4.78 is 5.18. The molecule has 1 N–H and O–H groups in total. The zero-order chi connectivity index (χ0) is 11.1. The number of aliphatic hydroxyl groups is 1. The molecule has 2 fully saturated rings. The van der Waals surface area contributed by atoms with Gasteiger partial charge in [-0.15, -0.1) is 0 Å². The minimum absolute atomic E-state index is 0.0993. The molecule has 0 radical (unpaired) electrons. The Labute approximate surface area is 90.2 Å². The van der Waals surface area contributed by atoms with Gasteiger partial charge in [-0.05, 0) is 25.2 Å². The third kappa shape index (κ3) is 2.16. The fourth-order valence-electron chi connectivity index (χ4n) is 2.31. The van der Waals surface area contributed by atoms with E-state index < -0.39 is 0 Å². The van der Waals surface area contributed by atoms with Crippen molar-refractivity contribution in [1.82, 2.24) is 4.90 Å². The first-order valence-corrected chi connectivity index (χ1v) is 5.61. The Bertz CT molecular complexity index is 269. The summed E-state index contributed by atoms with van der Waals surface area (Å²) in [5.74, 6) is 0.129. The first kappa shape index (κ1) is 10.9. The van der Waals surface area contributed by atoms with Crippen molar-refractivity contribution in [3.63, 3.8) is 0 Å². The average Bonchev–Trinajstić information content (AvgIpc) is 2.77. The normalized spacial score (nSPS) is 39.5. The molecule has 2 aliphatic rings. The van der Waals surface area contributed by atoms with Gasteiger partial charge in [-0.2, -0.15) is 0 Å². The van der Waals surface area contributed by atoms with Crippen molar-refractivity contribution in [2.24, 2.45) is 5.41 Å². The number of aliphatic hydroxyl groups excluding tert-OH is 1. The van der Waals surface area contributed by atoms with Gasteiger partial charge in [0.25, 0.3) is 5.91 Å². The zero-order valence-electron chi connectivity index (χ0n) is 9.40. The van der Waals surface area contributed by atoms with Gasteiger partial charge in [0.1, 0.15) is 0 Å². The van der Waals surface area contributed by atoms with Crippen LogP contribution in [0.25, 0.3) is 0 Å². The predicted octanol–water partition coefficient (Wildman–Crippen LogP) is 0.395. The number of amides is 1. The molecule has 86 valence electrons. The quantitative estimate of drug-likeness (QED) is 0.690. The summed E-state index contributed by atoms with van der Waals surface area (Å²) >= 11 is 0. The lowest BCUT2D eigenvalue weighted by atomic mass is 9.86. The molecule has 0 bridgehead atoms. The molecule has 0 spiro atoms. The number of epoxide rings is 1. The molecular weight excluding hydrogens is 194 g/mol. The van der Waals surface area contributed by atoms with Crippen molar-refractivity contribution in [3.05, 3.63) is 0 Å². The van der Waals surface area contributed by atoms with Crippen molar-refractivity contribution in [2.45, 2.75) is 38.9 Å². The Morgan fingerprint density at radius 3 is 2.87 bits per heavy atom. The molecule has 0 aromatic carbocycles. The van der Waals surface area contributed by atoms with Crippen LogP contribution in [0, 0.1) is 5.41 Å². The van der Waals surface area contributed by atoms with Crippen molar-refractivity contribution in [2.75, 3.05) is 19.7 Å². The predicted molar refractivity (Wildman–Crippen MR) is 55.3 cm³/mol. The van der Waals surface area contributed by atoms with Crippen LogP contribution in [0.1, 0.15) is 26.7 Å². The number of likely N-dealkylation sites (tertiary alicyclic amines) is 1. The standard InChI is InChI=1S/C11H19NO3/c1-8-9(15-8)10(14)12-5-3-11(2,7-12)4-6-13/h8-9,13H,3-7H2,1-2H3/t8-,9+,11?/m0/s1. The van der Waals surface area contributed by atoms with Crippen molar-refractivity contribution >= 4 is 5.91 Å². The number of ether oxygens (including phenoxy) is 1. The van der Waals surface area contributed by atoms with Gasteiger partial charge in [-0.1, -0.05) is 6.92 Å². The van der Waals surface area contributed by atoms with Crippen LogP contribution in [0.4, 0.5) is 0 Å². The van der Waals surface area contributed by atoms with Crippen LogP contribution in [0.2, 0.25) is 0 Å². The Balaban J connectivity index is 1.89. The van der Waals surface area contributed by atoms with Gasteiger partial charge >= 0.3 is 0 Å². The Morgan fingerprint density at radius 1 is 1.67 bits per heavy atom. The molecule has 0 saturated carbocycles. The third-order valence-electron chi connectivity index (χ3n) is 3.54. The van der Waals surface area contributed by atoms with E-state index in [-0.39, 0.29) is 30.1 Å². The molecule has 4 heteroatoms. The maximum Gasteiger partial charge on any atom is 0.254 e. The number of carbonyl (C=O) groups is 1. The van der Waals surface area contributed by atoms with E-state index in [0.29, 0.717) is 0 Å². The van der Waals surface area contributed by atoms with E-state index >= 15 is 0 Å². The molecule has 15 heavy (non-hydrogen) atoms. The van der Waals surface area contributed by atoms with Gasteiger partial charge in [-0.25, -0.2) is 0 Å². The van der Waals surface area contributed by atoms with Gasteiger partial charge in [-0.3, -0.25) is 4.79 Å². The fraction of sp³-hybridized carbons (Fsp3) is 0.909. The lowest BCUT2D eigenvalue weighted by Gasteiger charge is -2.23. The second-order valence-corrected chi connectivity index (χ2v) is 5.06. The molecule has 1 amide bonds. The minimum Gasteiger partial charge on any atom is -0.396 e. The highest BCUT2D eigenvalue weighted by Crippen LogP contribution is 2.35. The average molecular weight is 213 g/mol. The van der Waals surface area contributed by atoms with Crippen molar-refractivity contribution in [3.8, 4) is 0 Å². The summed E-state index contributed by atoms with van der Waals surface area (Å²) in [6.07, 6.45) is 1.67. The lowest BCUT2D eigenvalue weighted by Crippen LogP contribution is -2.35. The summed E-state index contributed by atoms with van der Waals surface area (Å²) in [5, 5.41) is 8.95. The van der Waals surface area contributed by atoms with E-state index in [2.05, 4.69) is 6.92 Å². The highest BCUT2D eigenvalue weighted by molar-refractivity contribution is 5.84. The number of hydrogen-bond acceptors (Lipinski definition) is 3. The van der Waals surface area contributed by atoms with Crippen molar-refractivity contribution < 1.29 is 14.6 Å². The maximum atomic E-state index is 11.8. The molecule has 4 nitrogen and oxygen atoms in total. The molecular formula is C11H19NO3. The Kier molecular flexibility index (Phi) is 2.73. The molecule has 2 aliphatic heterocycles.